The van der Waals surface area contributed by atoms with Gasteiger partial charge >= 0.3 is 5.97 Å². The van der Waals surface area contributed by atoms with Crippen molar-refractivity contribution in [3.63, 3.8) is 0 Å². The molecule has 0 bridgehead atoms. The highest BCUT2D eigenvalue weighted by molar-refractivity contribution is 6.10. The van der Waals surface area contributed by atoms with E-state index in [4.69, 9.17) is 4.74 Å². The third kappa shape index (κ3) is 2.37. The quantitative estimate of drug-likeness (QED) is 0.372. The number of hydrogen-bond acceptors (Lipinski definition) is 4. The molecule has 0 atom stereocenters. The molecule has 4 rings (SSSR count). The van der Waals surface area contributed by atoms with Gasteiger partial charge < -0.3 is 4.74 Å². The Bertz CT molecular complexity index is 1100. The molecule has 128 valence electrons. The lowest BCUT2D eigenvalue weighted by Gasteiger charge is -2.13. The van der Waals surface area contributed by atoms with Crippen molar-refractivity contribution in [2.45, 2.75) is 13.3 Å². The Morgan fingerprint density at radius 3 is 2.31 bits per heavy atom. The summed E-state index contributed by atoms with van der Waals surface area (Å²) in [6.45, 7) is 1.98. The van der Waals surface area contributed by atoms with E-state index in [0.717, 1.165) is 22.1 Å². The molecule has 0 amide bonds. The molecule has 0 spiro atoms. The largest absolute Gasteiger partial charge is 0.422 e. The SMILES string of the molecule is CCC(=C1OC(=O)c2ccccc21)c1ccc([N+](=O)[O-])c2ccccc12. The summed E-state index contributed by atoms with van der Waals surface area (Å²) in [5.41, 5.74) is 3.06. The molecule has 0 radical (unpaired) electrons. The number of benzene rings is 3. The average molecular weight is 345 g/mol. The van der Waals surface area contributed by atoms with Gasteiger partial charge in [0.15, 0.2) is 0 Å². The minimum atomic E-state index is -0.379. The Hall–Kier alpha value is -3.47. The number of non-ortho nitro benzene ring substituents is 1. The van der Waals surface area contributed by atoms with Crippen LogP contribution >= 0.6 is 0 Å². The number of nitro benzene ring substituents is 1. The van der Waals surface area contributed by atoms with E-state index in [-0.39, 0.29) is 16.6 Å². The van der Waals surface area contributed by atoms with E-state index < -0.39 is 0 Å². The zero-order valence-corrected chi connectivity index (χ0v) is 14.1. The first-order chi connectivity index (χ1) is 12.6. The molecule has 0 fully saturated rings. The fraction of sp³-hybridized carbons (Fsp3) is 0.0952. The normalized spacial score (nSPS) is 14.9. The first-order valence-electron chi connectivity index (χ1n) is 8.33. The van der Waals surface area contributed by atoms with Crippen LogP contribution in [0.5, 0.6) is 0 Å². The second-order valence-electron chi connectivity index (χ2n) is 6.03. The number of rotatable bonds is 3. The molecule has 1 heterocycles. The molecule has 5 nitrogen and oxygen atoms in total. The number of esters is 1. The molecule has 1 aliphatic rings. The van der Waals surface area contributed by atoms with Crippen molar-refractivity contribution in [2.24, 2.45) is 0 Å². The molecule has 0 aromatic heterocycles. The van der Waals surface area contributed by atoms with E-state index in [1.165, 1.54) is 6.07 Å². The lowest BCUT2D eigenvalue weighted by Crippen LogP contribution is -1.96. The summed E-state index contributed by atoms with van der Waals surface area (Å²) in [4.78, 5) is 23.2. The smallest absolute Gasteiger partial charge is 0.344 e. The number of nitrogens with zero attached hydrogens (tertiary/aromatic N) is 1. The highest BCUT2D eigenvalue weighted by Crippen LogP contribution is 2.40. The van der Waals surface area contributed by atoms with E-state index in [0.29, 0.717) is 23.1 Å². The van der Waals surface area contributed by atoms with Crippen molar-refractivity contribution in [2.75, 3.05) is 0 Å². The van der Waals surface area contributed by atoms with Gasteiger partial charge in [-0.3, -0.25) is 10.1 Å². The molecule has 1 aliphatic heterocycles. The van der Waals surface area contributed by atoms with E-state index in [2.05, 4.69) is 0 Å². The number of nitro groups is 1. The first-order valence-corrected chi connectivity index (χ1v) is 8.33. The monoisotopic (exact) mass is 345 g/mol. The van der Waals surface area contributed by atoms with E-state index in [1.54, 1.807) is 30.3 Å². The van der Waals surface area contributed by atoms with Gasteiger partial charge in [-0.2, -0.15) is 0 Å². The van der Waals surface area contributed by atoms with E-state index >= 15 is 0 Å². The number of cyclic esters (lactones) is 1. The molecule has 0 unspecified atom stereocenters. The average Bonchev–Trinajstić information content (AvgIpc) is 2.99. The summed E-state index contributed by atoms with van der Waals surface area (Å²) in [7, 11) is 0. The predicted octanol–water partition coefficient (Wildman–Crippen LogP) is 5.20. The molecule has 26 heavy (non-hydrogen) atoms. The van der Waals surface area contributed by atoms with Crippen LogP contribution in [-0.2, 0) is 4.74 Å². The van der Waals surface area contributed by atoms with Crippen LogP contribution in [0, 0.1) is 10.1 Å². The third-order valence-corrected chi connectivity index (χ3v) is 4.64. The summed E-state index contributed by atoms with van der Waals surface area (Å²) >= 11 is 0. The summed E-state index contributed by atoms with van der Waals surface area (Å²) in [6.07, 6.45) is 0.624. The van der Waals surface area contributed by atoms with Crippen LogP contribution in [-0.4, -0.2) is 10.9 Å². The van der Waals surface area contributed by atoms with Gasteiger partial charge in [-0.15, -0.1) is 0 Å². The number of fused-ring (bicyclic) bond motifs is 2. The second-order valence-corrected chi connectivity index (χ2v) is 6.03. The third-order valence-electron chi connectivity index (χ3n) is 4.64. The predicted molar refractivity (Wildman–Crippen MR) is 99.6 cm³/mol. The Balaban J connectivity index is 2.02. The fourth-order valence-corrected chi connectivity index (χ4v) is 3.46. The van der Waals surface area contributed by atoms with Crippen molar-refractivity contribution in [1.29, 1.82) is 0 Å². The Morgan fingerprint density at radius 1 is 0.962 bits per heavy atom. The fourth-order valence-electron chi connectivity index (χ4n) is 3.46. The number of allylic oxidation sites excluding steroid dienone is 1. The summed E-state index contributed by atoms with van der Waals surface area (Å²) < 4.78 is 5.57. The van der Waals surface area contributed by atoms with Gasteiger partial charge in [0, 0.05) is 17.2 Å². The van der Waals surface area contributed by atoms with Gasteiger partial charge in [-0.05, 0) is 35.6 Å². The van der Waals surface area contributed by atoms with Crippen molar-refractivity contribution in [1.82, 2.24) is 0 Å². The minimum Gasteiger partial charge on any atom is -0.422 e. The molecule has 5 heteroatoms. The highest BCUT2D eigenvalue weighted by Gasteiger charge is 2.29. The van der Waals surface area contributed by atoms with Crippen LogP contribution in [0.4, 0.5) is 5.69 Å². The standard InChI is InChI=1S/C21H15NO4/c1-2-13(20-17-9-5-6-10-18(17)21(23)26-20)15-11-12-19(22(24)25)16-8-4-3-7-14(15)16/h3-12H,2H2,1H3. The molecular weight excluding hydrogens is 330 g/mol. The van der Waals surface area contributed by atoms with Crippen molar-refractivity contribution in [3.05, 3.63) is 87.5 Å². The van der Waals surface area contributed by atoms with Gasteiger partial charge in [0.05, 0.1) is 15.9 Å². The maximum absolute atomic E-state index is 12.2. The zero-order chi connectivity index (χ0) is 18.3. The maximum Gasteiger partial charge on any atom is 0.344 e. The molecule has 3 aromatic rings. The lowest BCUT2D eigenvalue weighted by molar-refractivity contribution is -0.383. The Morgan fingerprint density at radius 2 is 1.62 bits per heavy atom. The van der Waals surface area contributed by atoms with Gasteiger partial charge in [0.1, 0.15) is 5.76 Å². The van der Waals surface area contributed by atoms with Crippen molar-refractivity contribution >= 4 is 33.8 Å². The number of carbonyl (C=O) groups is 1. The van der Waals surface area contributed by atoms with E-state index in [9.17, 15) is 14.9 Å². The Kier molecular flexibility index (Phi) is 3.77. The molecule has 0 saturated carbocycles. The van der Waals surface area contributed by atoms with Crippen LogP contribution in [0.3, 0.4) is 0 Å². The van der Waals surface area contributed by atoms with Crippen LogP contribution in [0.15, 0.2) is 60.7 Å². The maximum atomic E-state index is 12.2. The van der Waals surface area contributed by atoms with Crippen LogP contribution < -0.4 is 0 Å². The topological polar surface area (TPSA) is 69.4 Å². The van der Waals surface area contributed by atoms with Gasteiger partial charge in [0.25, 0.3) is 5.69 Å². The van der Waals surface area contributed by atoms with Crippen LogP contribution in [0.25, 0.3) is 22.1 Å². The molecule has 0 saturated heterocycles. The first kappa shape index (κ1) is 16.0. The van der Waals surface area contributed by atoms with Gasteiger partial charge in [0.2, 0.25) is 0 Å². The van der Waals surface area contributed by atoms with Crippen molar-refractivity contribution in [3.8, 4) is 0 Å². The second kappa shape index (κ2) is 6.11. The van der Waals surface area contributed by atoms with Gasteiger partial charge in [-0.1, -0.05) is 43.3 Å². The molecular formula is C21H15NO4. The van der Waals surface area contributed by atoms with Gasteiger partial charge in [-0.25, -0.2) is 4.79 Å². The minimum absolute atomic E-state index is 0.0635. The summed E-state index contributed by atoms with van der Waals surface area (Å²) in [5.74, 6) is 0.167. The molecule has 3 aromatic carbocycles. The number of ether oxygens (including phenoxy) is 1. The molecule has 0 aliphatic carbocycles. The Labute approximate surface area is 149 Å². The number of carbonyl (C=O) groups excluding carboxylic acids is 1. The summed E-state index contributed by atoms with van der Waals surface area (Å²) in [6, 6.07) is 17.7. The lowest BCUT2D eigenvalue weighted by atomic mass is 9.93. The number of hydrogen-bond donors (Lipinski definition) is 0. The zero-order valence-electron chi connectivity index (χ0n) is 14.1. The van der Waals surface area contributed by atoms with Crippen molar-refractivity contribution < 1.29 is 14.5 Å². The molecule has 0 N–H and O–H groups in total. The highest BCUT2D eigenvalue weighted by atomic mass is 16.6. The van der Waals surface area contributed by atoms with Crippen LogP contribution in [0.2, 0.25) is 0 Å². The van der Waals surface area contributed by atoms with E-state index in [1.807, 2.05) is 31.2 Å². The van der Waals surface area contributed by atoms with Crippen LogP contribution in [0.1, 0.15) is 34.8 Å². The summed E-state index contributed by atoms with van der Waals surface area (Å²) in [5, 5.41) is 12.7.